The summed E-state index contributed by atoms with van der Waals surface area (Å²) in [5, 5.41) is 17.4. The number of ether oxygens (including phenoxy) is 1. The van der Waals surface area contributed by atoms with E-state index in [9.17, 15) is 4.79 Å². The van der Waals surface area contributed by atoms with E-state index in [0.29, 0.717) is 18.8 Å². The molecule has 1 aromatic rings. The largest absolute Gasteiger partial charge is 0.492 e. The maximum absolute atomic E-state index is 10.8. The zero-order chi connectivity index (χ0) is 14.1. The van der Waals surface area contributed by atoms with Crippen LogP contribution in [0.15, 0.2) is 24.3 Å². The van der Waals surface area contributed by atoms with Gasteiger partial charge < -0.3 is 9.84 Å². The van der Waals surface area contributed by atoms with Crippen molar-refractivity contribution in [1.82, 2.24) is 4.90 Å². The van der Waals surface area contributed by atoms with E-state index in [2.05, 4.69) is 11.0 Å². The molecular weight excluding hydrogens is 244 g/mol. The number of aromatic carboxylic acids is 1. The first-order chi connectivity index (χ1) is 9.17. The van der Waals surface area contributed by atoms with Crippen molar-refractivity contribution in [3.8, 4) is 11.8 Å². The highest BCUT2D eigenvalue weighted by atomic mass is 16.5. The predicted octanol–water partition coefficient (Wildman–Crippen LogP) is 2.00. The minimum Gasteiger partial charge on any atom is -0.492 e. The molecule has 0 radical (unpaired) electrons. The van der Waals surface area contributed by atoms with Gasteiger partial charge >= 0.3 is 5.97 Å². The molecule has 0 unspecified atom stereocenters. The van der Waals surface area contributed by atoms with Gasteiger partial charge in [-0.2, -0.15) is 5.26 Å². The first-order valence-electron chi connectivity index (χ1n) is 6.22. The van der Waals surface area contributed by atoms with Gasteiger partial charge in [0.1, 0.15) is 12.4 Å². The Morgan fingerprint density at radius 1 is 1.47 bits per heavy atom. The fourth-order valence-electron chi connectivity index (χ4n) is 1.65. The number of rotatable bonds is 8. The molecule has 0 aliphatic carbocycles. The number of carboxylic acid groups (broad SMARTS) is 1. The highest BCUT2D eigenvalue weighted by Gasteiger charge is 2.05. The molecule has 1 N–H and O–H groups in total. The van der Waals surface area contributed by atoms with Gasteiger partial charge in [0.15, 0.2) is 0 Å². The summed E-state index contributed by atoms with van der Waals surface area (Å²) in [4.78, 5) is 12.9. The van der Waals surface area contributed by atoms with Gasteiger partial charge in [-0.1, -0.05) is 13.0 Å². The van der Waals surface area contributed by atoms with Crippen LogP contribution in [0.25, 0.3) is 0 Å². The standard InChI is InChI=1S/C14H18N2O3/c1-2-16(8-4-7-15)9-10-19-13-6-3-5-12(11-13)14(17)18/h3,5-6,11H,2,4,8-10H2,1H3,(H,17,18). The van der Waals surface area contributed by atoms with Crippen LogP contribution in [-0.2, 0) is 0 Å². The summed E-state index contributed by atoms with van der Waals surface area (Å²) >= 11 is 0. The maximum atomic E-state index is 10.8. The summed E-state index contributed by atoms with van der Waals surface area (Å²) in [6.45, 7) is 4.81. The lowest BCUT2D eigenvalue weighted by Crippen LogP contribution is -2.29. The fourth-order valence-corrected chi connectivity index (χ4v) is 1.65. The lowest BCUT2D eigenvalue weighted by molar-refractivity contribution is 0.0696. The van der Waals surface area contributed by atoms with E-state index in [1.54, 1.807) is 12.1 Å². The third kappa shape index (κ3) is 5.40. The van der Waals surface area contributed by atoms with Crippen molar-refractivity contribution in [1.29, 1.82) is 5.26 Å². The fraction of sp³-hybridized carbons (Fsp3) is 0.429. The molecule has 0 heterocycles. The number of likely N-dealkylation sites (N-methyl/N-ethyl adjacent to an activating group) is 1. The van der Waals surface area contributed by atoms with Crippen molar-refractivity contribution in [2.75, 3.05) is 26.2 Å². The second-order valence-electron chi connectivity index (χ2n) is 4.02. The summed E-state index contributed by atoms with van der Waals surface area (Å²) in [5.74, 6) is -0.411. The number of hydrogen-bond acceptors (Lipinski definition) is 4. The second kappa shape index (κ2) is 8.11. The molecule has 0 aliphatic rings. The molecule has 102 valence electrons. The maximum Gasteiger partial charge on any atom is 0.335 e. The van der Waals surface area contributed by atoms with E-state index in [1.165, 1.54) is 12.1 Å². The number of nitriles is 1. The topological polar surface area (TPSA) is 73.6 Å². The van der Waals surface area contributed by atoms with Crippen LogP contribution in [0.5, 0.6) is 5.75 Å². The summed E-state index contributed by atoms with van der Waals surface area (Å²) in [6, 6.07) is 8.54. The molecule has 0 saturated heterocycles. The molecule has 0 atom stereocenters. The van der Waals surface area contributed by atoms with Gasteiger partial charge in [-0.05, 0) is 24.7 Å². The molecule has 19 heavy (non-hydrogen) atoms. The molecular formula is C14H18N2O3. The highest BCUT2D eigenvalue weighted by Crippen LogP contribution is 2.13. The van der Waals surface area contributed by atoms with E-state index in [-0.39, 0.29) is 5.56 Å². The minimum atomic E-state index is -0.963. The Balaban J connectivity index is 2.42. The van der Waals surface area contributed by atoms with Crippen LogP contribution in [0.1, 0.15) is 23.7 Å². The van der Waals surface area contributed by atoms with Crippen molar-refractivity contribution < 1.29 is 14.6 Å². The Morgan fingerprint density at radius 2 is 2.26 bits per heavy atom. The van der Waals surface area contributed by atoms with Crippen LogP contribution >= 0.6 is 0 Å². The summed E-state index contributed by atoms with van der Waals surface area (Å²) in [6.07, 6.45) is 0.502. The van der Waals surface area contributed by atoms with Crippen LogP contribution in [0.3, 0.4) is 0 Å². The average molecular weight is 262 g/mol. The lowest BCUT2D eigenvalue weighted by atomic mass is 10.2. The van der Waals surface area contributed by atoms with Crippen molar-refractivity contribution in [2.45, 2.75) is 13.3 Å². The zero-order valence-electron chi connectivity index (χ0n) is 11.0. The Hall–Kier alpha value is -2.06. The first kappa shape index (κ1) is 15.0. The van der Waals surface area contributed by atoms with Crippen molar-refractivity contribution >= 4 is 5.97 Å². The Labute approximate surface area is 113 Å². The van der Waals surface area contributed by atoms with Gasteiger partial charge in [-0.15, -0.1) is 0 Å². The minimum absolute atomic E-state index is 0.217. The van der Waals surface area contributed by atoms with E-state index in [1.807, 2.05) is 6.92 Å². The van der Waals surface area contributed by atoms with E-state index < -0.39 is 5.97 Å². The molecule has 1 rings (SSSR count). The van der Waals surface area contributed by atoms with E-state index in [4.69, 9.17) is 15.1 Å². The molecule has 0 amide bonds. The number of carbonyl (C=O) groups is 1. The van der Waals surface area contributed by atoms with Crippen LogP contribution < -0.4 is 4.74 Å². The Kier molecular flexibility index (Phi) is 6.41. The normalized spacial score (nSPS) is 10.2. The number of benzene rings is 1. The molecule has 0 spiro atoms. The number of carboxylic acids is 1. The molecule has 5 heteroatoms. The predicted molar refractivity (Wildman–Crippen MR) is 71.2 cm³/mol. The molecule has 0 fully saturated rings. The van der Waals surface area contributed by atoms with E-state index in [0.717, 1.165) is 19.6 Å². The summed E-state index contributed by atoms with van der Waals surface area (Å²) in [5.41, 5.74) is 0.217. The first-order valence-corrected chi connectivity index (χ1v) is 6.22. The van der Waals surface area contributed by atoms with Crippen molar-refractivity contribution in [3.63, 3.8) is 0 Å². The third-order valence-electron chi connectivity index (χ3n) is 2.74. The number of nitrogens with zero attached hydrogens (tertiary/aromatic N) is 2. The summed E-state index contributed by atoms with van der Waals surface area (Å²) < 4.78 is 5.52. The van der Waals surface area contributed by atoms with Crippen LogP contribution in [0, 0.1) is 11.3 Å². The Morgan fingerprint density at radius 3 is 2.89 bits per heavy atom. The zero-order valence-corrected chi connectivity index (χ0v) is 11.0. The SMILES string of the molecule is CCN(CCC#N)CCOc1cccc(C(=O)O)c1. The third-order valence-corrected chi connectivity index (χ3v) is 2.74. The smallest absolute Gasteiger partial charge is 0.335 e. The molecule has 0 aromatic heterocycles. The number of hydrogen-bond donors (Lipinski definition) is 1. The molecule has 5 nitrogen and oxygen atoms in total. The van der Waals surface area contributed by atoms with Gasteiger partial charge in [0.25, 0.3) is 0 Å². The van der Waals surface area contributed by atoms with Gasteiger partial charge in [0, 0.05) is 19.5 Å². The lowest BCUT2D eigenvalue weighted by Gasteiger charge is -2.18. The monoisotopic (exact) mass is 262 g/mol. The van der Waals surface area contributed by atoms with Crippen molar-refractivity contribution in [2.24, 2.45) is 0 Å². The van der Waals surface area contributed by atoms with Gasteiger partial charge in [-0.25, -0.2) is 4.79 Å². The average Bonchev–Trinajstić information content (AvgIpc) is 2.43. The van der Waals surface area contributed by atoms with Crippen LogP contribution in [0.2, 0.25) is 0 Å². The molecule has 0 saturated carbocycles. The molecule has 1 aromatic carbocycles. The quantitative estimate of drug-likeness (QED) is 0.775. The highest BCUT2D eigenvalue weighted by molar-refractivity contribution is 5.87. The van der Waals surface area contributed by atoms with Crippen molar-refractivity contribution in [3.05, 3.63) is 29.8 Å². The van der Waals surface area contributed by atoms with Gasteiger partial charge in [0.2, 0.25) is 0 Å². The van der Waals surface area contributed by atoms with Crippen LogP contribution in [-0.4, -0.2) is 42.2 Å². The summed E-state index contributed by atoms with van der Waals surface area (Å²) in [7, 11) is 0. The Bertz CT molecular complexity index is 454. The second-order valence-corrected chi connectivity index (χ2v) is 4.02. The van der Waals surface area contributed by atoms with Crippen LogP contribution in [0.4, 0.5) is 0 Å². The molecule has 0 aliphatic heterocycles. The van der Waals surface area contributed by atoms with E-state index >= 15 is 0 Å². The van der Waals surface area contributed by atoms with Gasteiger partial charge in [-0.3, -0.25) is 4.90 Å². The molecule has 0 bridgehead atoms. The van der Waals surface area contributed by atoms with Gasteiger partial charge in [0.05, 0.1) is 11.6 Å².